The number of nitrogens with one attached hydrogen (secondary N) is 1. The molecule has 1 aromatic carbocycles. The van der Waals surface area contributed by atoms with Gasteiger partial charge in [0.2, 0.25) is 0 Å². The second-order valence-electron chi connectivity index (χ2n) is 8.52. The number of aliphatic hydroxyl groups is 1. The number of hydrogen-bond acceptors (Lipinski definition) is 8. The maximum absolute atomic E-state index is 10.1. The molecule has 0 radical (unpaired) electrons. The molecule has 4 aromatic rings. The number of nitrogens with zero attached hydrogens (tertiary/aromatic N) is 7. The summed E-state index contributed by atoms with van der Waals surface area (Å²) in [6, 6.07) is 6.16. The lowest BCUT2D eigenvalue weighted by Gasteiger charge is -2.35. The largest absolute Gasteiger partial charge is 0.390 e. The highest BCUT2D eigenvalue weighted by Crippen LogP contribution is 2.38. The average molecular weight is 466 g/mol. The summed E-state index contributed by atoms with van der Waals surface area (Å²) in [6.45, 7) is -0.264. The van der Waals surface area contributed by atoms with Crippen LogP contribution in [-0.2, 0) is 13.7 Å². The molecule has 0 unspecified atom stereocenters. The minimum atomic E-state index is -0.264. The fourth-order valence-electron chi connectivity index (χ4n) is 4.73. The van der Waals surface area contributed by atoms with Gasteiger partial charge in [-0.1, -0.05) is 11.6 Å². The number of H-pyrrole nitrogens is 1. The van der Waals surface area contributed by atoms with E-state index in [9.17, 15) is 10.4 Å². The van der Waals surface area contributed by atoms with Gasteiger partial charge in [0.15, 0.2) is 11.5 Å². The summed E-state index contributed by atoms with van der Waals surface area (Å²) in [5.41, 5.74) is 9.74. The van der Waals surface area contributed by atoms with Crippen molar-refractivity contribution in [1.82, 2.24) is 29.9 Å². The van der Waals surface area contributed by atoms with E-state index in [0.29, 0.717) is 55.6 Å². The zero-order valence-electron chi connectivity index (χ0n) is 18.4. The van der Waals surface area contributed by atoms with Crippen LogP contribution in [-0.4, -0.2) is 54.2 Å². The normalized spacial score (nSPS) is 18.7. The molecule has 5 rings (SSSR count). The Morgan fingerprint density at radius 2 is 2.18 bits per heavy atom. The van der Waals surface area contributed by atoms with Crippen LogP contribution in [0.2, 0.25) is 5.02 Å². The molecule has 1 fully saturated rings. The van der Waals surface area contributed by atoms with Gasteiger partial charge in [-0.05, 0) is 37.8 Å². The van der Waals surface area contributed by atoms with Crippen molar-refractivity contribution in [2.45, 2.75) is 44.4 Å². The summed E-state index contributed by atoms with van der Waals surface area (Å²) in [6.07, 6.45) is 3.98. The standard InChI is InChI=1S/C22H24ClN9O/c1-31(12-5-3-4-11(25)8-12)22-15(10-33)26-20-19(28-29-21(20)27-22)13-6-7-14-17(18(13)23)16(9-24)32(2)30-14/h6-7,11-12,33H,3-5,8,10,25H2,1-2H3,(H,27,28,29)/t11-,12-/m0/s1. The lowest BCUT2D eigenvalue weighted by atomic mass is 9.91. The summed E-state index contributed by atoms with van der Waals surface area (Å²) < 4.78 is 1.51. The van der Waals surface area contributed by atoms with E-state index in [1.807, 2.05) is 7.05 Å². The third-order valence-corrected chi connectivity index (χ3v) is 6.86. The maximum Gasteiger partial charge on any atom is 0.177 e. The van der Waals surface area contributed by atoms with Gasteiger partial charge in [-0.25, -0.2) is 9.97 Å². The van der Waals surface area contributed by atoms with Gasteiger partial charge in [0.05, 0.1) is 22.5 Å². The lowest BCUT2D eigenvalue weighted by molar-refractivity contribution is 0.276. The smallest absolute Gasteiger partial charge is 0.177 e. The Labute approximate surface area is 195 Å². The van der Waals surface area contributed by atoms with Crippen LogP contribution in [0.25, 0.3) is 33.3 Å². The molecule has 10 nitrogen and oxygen atoms in total. The van der Waals surface area contributed by atoms with E-state index in [1.54, 1.807) is 19.2 Å². The molecule has 1 aliphatic carbocycles. The van der Waals surface area contributed by atoms with Crippen LogP contribution in [0.1, 0.15) is 37.1 Å². The molecular formula is C22H24ClN9O. The third-order valence-electron chi connectivity index (χ3n) is 6.46. The number of aryl methyl sites for hydroxylation is 1. The van der Waals surface area contributed by atoms with Crippen molar-refractivity contribution in [2.24, 2.45) is 12.8 Å². The quantitative estimate of drug-likeness (QED) is 0.417. The molecule has 0 bridgehead atoms. The van der Waals surface area contributed by atoms with E-state index in [4.69, 9.17) is 27.3 Å². The van der Waals surface area contributed by atoms with E-state index >= 15 is 0 Å². The van der Waals surface area contributed by atoms with Crippen LogP contribution in [0, 0.1) is 11.3 Å². The number of aliphatic hydroxyl groups excluding tert-OH is 1. The van der Waals surface area contributed by atoms with E-state index in [1.165, 1.54) is 4.68 Å². The van der Waals surface area contributed by atoms with Gasteiger partial charge in [-0.3, -0.25) is 9.78 Å². The summed E-state index contributed by atoms with van der Waals surface area (Å²) >= 11 is 6.73. The molecule has 170 valence electrons. The van der Waals surface area contributed by atoms with Gasteiger partial charge in [0, 0.05) is 31.7 Å². The van der Waals surface area contributed by atoms with Crippen molar-refractivity contribution < 1.29 is 5.11 Å². The number of rotatable bonds is 4. The second kappa shape index (κ2) is 8.26. The molecule has 33 heavy (non-hydrogen) atoms. The van der Waals surface area contributed by atoms with Gasteiger partial charge in [0.25, 0.3) is 0 Å². The molecule has 11 heteroatoms. The number of hydrogen-bond donors (Lipinski definition) is 3. The Kier molecular flexibility index (Phi) is 5.40. The molecule has 0 aliphatic heterocycles. The highest BCUT2D eigenvalue weighted by atomic mass is 35.5. The highest BCUT2D eigenvalue weighted by molar-refractivity contribution is 6.38. The lowest BCUT2D eigenvalue weighted by Crippen LogP contribution is -2.41. The van der Waals surface area contributed by atoms with Gasteiger partial charge in [-0.2, -0.15) is 15.5 Å². The van der Waals surface area contributed by atoms with E-state index in [-0.39, 0.29) is 18.7 Å². The maximum atomic E-state index is 10.1. The summed E-state index contributed by atoms with van der Waals surface area (Å²) in [4.78, 5) is 11.5. The number of nitrogens with two attached hydrogens (primary N) is 1. The predicted molar refractivity (Wildman–Crippen MR) is 126 cm³/mol. The zero-order chi connectivity index (χ0) is 23.3. The third kappa shape index (κ3) is 3.49. The molecule has 4 N–H and O–H groups in total. The Balaban J connectivity index is 1.62. The van der Waals surface area contributed by atoms with Crippen LogP contribution in [0.5, 0.6) is 0 Å². The first-order chi connectivity index (χ1) is 15.9. The Morgan fingerprint density at radius 3 is 2.91 bits per heavy atom. The zero-order valence-corrected chi connectivity index (χ0v) is 19.1. The number of aromatic amines is 1. The summed E-state index contributed by atoms with van der Waals surface area (Å²) in [7, 11) is 3.67. The van der Waals surface area contributed by atoms with Crippen molar-refractivity contribution in [3.63, 3.8) is 0 Å². The topological polar surface area (TPSA) is 146 Å². The average Bonchev–Trinajstić information content (AvgIpc) is 3.37. The van der Waals surface area contributed by atoms with Crippen molar-refractivity contribution in [3.05, 3.63) is 28.5 Å². The fraction of sp³-hybridized carbons (Fsp3) is 0.409. The molecule has 2 atom stereocenters. The first kappa shape index (κ1) is 21.6. The van der Waals surface area contributed by atoms with Crippen LogP contribution < -0.4 is 10.6 Å². The van der Waals surface area contributed by atoms with Crippen LogP contribution in [0.15, 0.2) is 12.1 Å². The Hall–Kier alpha value is -3.26. The highest BCUT2D eigenvalue weighted by Gasteiger charge is 2.27. The van der Waals surface area contributed by atoms with Gasteiger partial charge in [0.1, 0.15) is 28.7 Å². The molecule has 1 aliphatic rings. The number of halogens is 1. The number of aromatic nitrogens is 6. The van der Waals surface area contributed by atoms with E-state index in [2.05, 4.69) is 26.3 Å². The Morgan fingerprint density at radius 1 is 1.36 bits per heavy atom. The van der Waals surface area contributed by atoms with Crippen molar-refractivity contribution >= 4 is 39.5 Å². The number of anilines is 1. The predicted octanol–water partition coefficient (Wildman–Crippen LogP) is 2.63. The monoisotopic (exact) mass is 465 g/mol. The molecule has 1 saturated carbocycles. The summed E-state index contributed by atoms with van der Waals surface area (Å²) in [5.74, 6) is 0.611. The number of nitriles is 1. The molecular weight excluding hydrogens is 442 g/mol. The molecule has 3 heterocycles. The van der Waals surface area contributed by atoms with Crippen molar-refractivity contribution in [3.8, 4) is 17.3 Å². The van der Waals surface area contributed by atoms with E-state index < -0.39 is 0 Å². The van der Waals surface area contributed by atoms with E-state index in [0.717, 1.165) is 25.7 Å². The minimum absolute atomic E-state index is 0.169. The molecule has 0 spiro atoms. The first-order valence-corrected chi connectivity index (χ1v) is 11.2. The molecule has 0 saturated heterocycles. The number of fused-ring (bicyclic) bond motifs is 2. The molecule has 0 amide bonds. The SMILES string of the molecule is CN(c1nc2[nH]nc(-c3ccc4nn(C)c(C#N)c4c3Cl)c2nc1CO)[C@H]1CCC[C@H](N)C1. The molecule has 3 aromatic heterocycles. The van der Waals surface area contributed by atoms with Crippen LogP contribution in [0.4, 0.5) is 5.82 Å². The van der Waals surface area contributed by atoms with Crippen LogP contribution in [0.3, 0.4) is 0 Å². The van der Waals surface area contributed by atoms with Gasteiger partial charge >= 0.3 is 0 Å². The van der Waals surface area contributed by atoms with Gasteiger partial charge in [-0.15, -0.1) is 0 Å². The first-order valence-electron chi connectivity index (χ1n) is 10.8. The fourth-order valence-corrected chi connectivity index (χ4v) is 5.07. The Bertz CT molecular complexity index is 1400. The van der Waals surface area contributed by atoms with Gasteiger partial charge < -0.3 is 15.7 Å². The summed E-state index contributed by atoms with van der Waals surface area (Å²) in [5, 5.41) is 32.3. The number of benzene rings is 1. The van der Waals surface area contributed by atoms with Crippen molar-refractivity contribution in [1.29, 1.82) is 5.26 Å². The van der Waals surface area contributed by atoms with Crippen molar-refractivity contribution in [2.75, 3.05) is 11.9 Å². The second-order valence-corrected chi connectivity index (χ2v) is 8.90. The minimum Gasteiger partial charge on any atom is -0.390 e. The van der Waals surface area contributed by atoms with Crippen LogP contribution >= 0.6 is 11.6 Å².